The van der Waals surface area contributed by atoms with Crippen molar-refractivity contribution in [1.82, 2.24) is 0 Å². The molecule has 1 aromatic carbocycles. The Kier molecular flexibility index (Phi) is 5.34. The first-order valence-electron chi connectivity index (χ1n) is 5.11. The zero-order chi connectivity index (χ0) is 12.8. The number of halogens is 3. The maximum Gasteiger partial charge on any atom is 0.303 e. The highest BCUT2D eigenvalue weighted by Gasteiger charge is 2.09. The van der Waals surface area contributed by atoms with E-state index in [1.165, 1.54) is 12.1 Å². The third kappa shape index (κ3) is 4.68. The molecule has 0 saturated heterocycles. The molecule has 0 aromatic heterocycles. The minimum Gasteiger partial charge on any atom is -0.481 e. The molecule has 0 aliphatic carbocycles. The van der Waals surface area contributed by atoms with Crippen LogP contribution in [0.5, 0.6) is 0 Å². The summed E-state index contributed by atoms with van der Waals surface area (Å²) in [7, 11) is 0. The van der Waals surface area contributed by atoms with E-state index in [2.05, 4.69) is 21.2 Å². The summed E-state index contributed by atoms with van der Waals surface area (Å²) in [4.78, 5) is 10.2. The number of anilines is 1. The highest BCUT2D eigenvalue weighted by atomic mass is 79.9. The Balaban J connectivity index is 2.44. The lowest BCUT2D eigenvalue weighted by molar-refractivity contribution is -0.137. The van der Waals surface area contributed by atoms with Gasteiger partial charge in [-0.25, -0.2) is 8.78 Å². The molecule has 0 aliphatic heterocycles. The Morgan fingerprint density at radius 3 is 2.41 bits per heavy atom. The molecule has 1 rings (SSSR count). The lowest BCUT2D eigenvalue weighted by Gasteiger charge is -2.08. The van der Waals surface area contributed by atoms with Crippen molar-refractivity contribution in [1.29, 1.82) is 0 Å². The van der Waals surface area contributed by atoms with Crippen LogP contribution >= 0.6 is 15.9 Å². The molecule has 0 saturated carbocycles. The van der Waals surface area contributed by atoms with Gasteiger partial charge in [0.2, 0.25) is 0 Å². The van der Waals surface area contributed by atoms with E-state index in [4.69, 9.17) is 5.11 Å². The fraction of sp³-hybridized carbons (Fsp3) is 0.364. The molecule has 0 unspecified atom stereocenters. The number of carbonyl (C=O) groups is 1. The summed E-state index contributed by atoms with van der Waals surface area (Å²) in [6.45, 7) is 0.336. The van der Waals surface area contributed by atoms with Gasteiger partial charge in [-0.2, -0.15) is 0 Å². The molecular weight excluding hydrogens is 296 g/mol. The Morgan fingerprint density at radius 2 is 1.88 bits per heavy atom. The van der Waals surface area contributed by atoms with E-state index in [0.29, 0.717) is 23.9 Å². The first-order chi connectivity index (χ1) is 8.00. The van der Waals surface area contributed by atoms with E-state index in [0.717, 1.165) is 0 Å². The normalized spacial score (nSPS) is 10.3. The van der Waals surface area contributed by atoms with E-state index in [1.54, 1.807) is 0 Å². The predicted molar refractivity (Wildman–Crippen MR) is 64.0 cm³/mol. The molecular formula is C11H12BrF2NO2. The van der Waals surface area contributed by atoms with Crippen LogP contribution < -0.4 is 5.32 Å². The topological polar surface area (TPSA) is 49.3 Å². The van der Waals surface area contributed by atoms with Gasteiger partial charge in [-0.05, 0) is 25.0 Å². The Hall–Kier alpha value is -1.17. The Labute approximate surface area is 106 Å². The largest absolute Gasteiger partial charge is 0.481 e. The molecule has 0 atom stereocenters. The summed E-state index contributed by atoms with van der Waals surface area (Å²) in [6, 6.07) is 2.34. The average Bonchev–Trinajstić information content (AvgIpc) is 2.20. The van der Waals surface area contributed by atoms with Crippen molar-refractivity contribution < 1.29 is 18.7 Å². The van der Waals surface area contributed by atoms with Crippen LogP contribution in [0.15, 0.2) is 16.6 Å². The summed E-state index contributed by atoms with van der Waals surface area (Å²) in [5, 5.41) is 11.0. The maximum atomic E-state index is 13.3. The molecule has 0 heterocycles. The number of hydrogen-bond acceptors (Lipinski definition) is 2. The molecule has 0 amide bonds. The highest BCUT2D eigenvalue weighted by Crippen LogP contribution is 2.23. The molecule has 3 nitrogen and oxygen atoms in total. The van der Waals surface area contributed by atoms with Crippen LogP contribution in [0.2, 0.25) is 0 Å². The van der Waals surface area contributed by atoms with Crippen LogP contribution in [0.25, 0.3) is 0 Å². The van der Waals surface area contributed by atoms with E-state index in [-0.39, 0.29) is 12.1 Å². The van der Waals surface area contributed by atoms with Crippen molar-refractivity contribution in [3.63, 3.8) is 0 Å². The number of hydrogen-bond donors (Lipinski definition) is 2. The first-order valence-corrected chi connectivity index (χ1v) is 5.90. The summed E-state index contributed by atoms with van der Waals surface area (Å²) in [6.07, 6.45) is 1.08. The lowest BCUT2D eigenvalue weighted by Crippen LogP contribution is -2.06. The van der Waals surface area contributed by atoms with Gasteiger partial charge in [0.25, 0.3) is 0 Å². The van der Waals surface area contributed by atoms with Crippen molar-refractivity contribution >= 4 is 27.6 Å². The second-order valence-electron chi connectivity index (χ2n) is 3.52. The molecule has 17 heavy (non-hydrogen) atoms. The minimum absolute atomic E-state index is 0.0625. The summed E-state index contributed by atoms with van der Waals surface area (Å²) >= 11 is 2.98. The van der Waals surface area contributed by atoms with Crippen LogP contribution in [-0.2, 0) is 4.79 Å². The fourth-order valence-electron chi connectivity index (χ4n) is 1.33. The van der Waals surface area contributed by atoms with Crippen LogP contribution in [0.3, 0.4) is 0 Å². The van der Waals surface area contributed by atoms with Gasteiger partial charge in [-0.1, -0.05) is 15.9 Å². The number of unbranched alkanes of at least 4 members (excludes halogenated alkanes) is 1. The molecule has 2 N–H and O–H groups in total. The standard InChI is InChI=1S/C11H12BrF2NO2/c12-7-5-8(13)11(9(14)6-7)15-4-2-1-3-10(16)17/h5-6,15H,1-4H2,(H,16,17). The average molecular weight is 308 g/mol. The summed E-state index contributed by atoms with van der Waals surface area (Å²) in [5.41, 5.74) is -0.177. The molecule has 0 bridgehead atoms. The third-order valence-electron chi connectivity index (χ3n) is 2.13. The van der Waals surface area contributed by atoms with Crippen LogP contribution in [0, 0.1) is 11.6 Å². The van der Waals surface area contributed by atoms with Crippen LogP contribution in [0.4, 0.5) is 14.5 Å². The molecule has 94 valence electrons. The molecule has 0 fully saturated rings. The van der Waals surface area contributed by atoms with E-state index < -0.39 is 17.6 Å². The quantitative estimate of drug-likeness (QED) is 0.792. The monoisotopic (exact) mass is 307 g/mol. The second-order valence-corrected chi connectivity index (χ2v) is 4.44. The van der Waals surface area contributed by atoms with Gasteiger partial charge in [0.15, 0.2) is 0 Å². The van der Waals surface area contributed by atoms with Crippen molar-refractivity contribution in [2.24, 2.45) is 0 Å². The zero-order valence-electron chi connectivity index (χ0n) is 8.97. The van der Waals surface area contributed by atoms with Gasteiger partial charge in [0.1, 0.15) is 17.3 Å². The Morgan fingerprint density at radius 1 is 1.29 bits per heavy atom. The van der Waals surface area contributed by atoms with E-state index in [1.807, 2.05) is 0 Å². The smallest absolute Gasteiger partial charge is 0.303 e. The summed E-state index contributed by atoms with van der Waals surface area (Å²) < 4.78 is 27.0. The van der Waals surface area contributed by atoms with Gasteiger partial charge in [-0.3, -0.25) is 4.79 Å². The van der Waals surface area contributed by atoms with Gasteiger partial charge in [0, 0.05) is 17.4 Å². The summed E-state index contributed by atoms with van der Waals surface area (Å²) in [5.74, 6) is -2.21. The molecule has 0 radical (unpaired) electrons. The second kappa shape index (κ2) is 6.54. The highest BCUT2D eigenvalue weighted by molar-refractivity contribution is 9.10. The van der Waals surface area contributed by atoms with Gasteiger partial charge in [-0.15, -0.1) is 0 Å². The molecule has 1 aromatic rings. The van der Waals surface area contributed by atoms with E-state index in [9.17, 15) is 13.6 Å². The third-order valence-corrected chi connectivity index (χ3v) is 2.58. The zero-order valence-corrected chi connectivity index (χ0v) is 10.6. The number of rotatable bonds is 6. The van der Waals surface area contributed by atoms with Gasteiger partial charge < -0.3 is 10.4 Å². The number of carboxylic acid groups (broad SMARTS) is 1. The minimum atomic E-state index is -0.869. The number of carboxylic acids is 1. The van der Waals surface area contributed by atoms with Gasteiger partial charge >= 0.3 is 5.97 Å². The van der Waals surface area contributed by atoms with Crippen molar-refractivity contribution in [3.8, 4) is 0 Å². The van der Waals surface area contributed by atoms with Crippen molar-refractivity contribution in [2.45, 2.75) is 19.3 Å². The van der Waals surface area contributed by atoms with Crippen molar-refractivity contribution in [3.05, 3.63) is 28.2 Å². The Bertz CT molecular complexity index is 389. The fourth-order valence-corrected chi connectivity index (χ4v) is 1.73. The molecule has 0 spiro atoms. The number of benzene rings is 1. The van der Waals surface area contributed by atoms with Gasteiger partial charge in [0.05, 0.1) is 0 Å². The van der Waals surface area contributed by atoms with Crippen molar-refractivity contribution in [2.75, 3.05) is 11.9 Å². The van der Waals surface area contributed by atoms with E-state index >= 15 is 0 Å². The SMILES string of the molecule is O=C(O)CCCCNc1c(F)cc(Br)cc1F. The molecule has 0 aliphatic rings. The van der Waals surface area contributed by atoms with Crippen LogP contribution in [0.1, 0.15) is 19.3 Å². The number of nitrogens with one attached hydrogen (secondary N) is 1. The lowest BCUT2D eigenvalue weighted by atomic mass is 10.2. The predicted octanol–water partition coefficient (Wildman–Crippen LogP) is 3.39. The maximum absolute atomic E-state index is 13.3. The first kappa shape index (κ1) is 13.9. The number of aliphatic carboxylic acids is 1. The van der Waals surface area contributed by atoms with Crippen LogP contribution in [-0.4, -0.2) is 17.6 Å². The molecule has 6 heteroatoms.